The molecule has 1 fully saturated rings. The molecule has 7 nitrogen and oxygen atoms in total. The predicted molar refractivity (Wildman–Crippen MR) is 134 cm³/mol. The van der Waals surface area contributed by atoms with E-state index >= 15 is 0 Å². The number of benzene rings is 2. The van der Waals surface area contributed by atoms with Crippen molar-refractivity contribution in [2.45, 2.75) is 24.1 Å². The Morgan fingerprint density at radius 2 is 2.03 bits per heavy atom. The molecule has 0 N–H and O–H groups in total. The number of esters is 1. The van der Waals surface area contributed by atoms with Crippen molar-refractivity contribution < 1.29 is 18.7 Å². The second-order valence-electron chi connectivity index (χ2n) is 9.33. The summed E-state index contributed by atoms with van der Waals surface area (Å²) >= 11 is 7.39. The third-order valence-electron chi connectivity index (χ3n) is 7.47. The van der Waals surface area contributed by atoms with Crippen molar-refractivity contribution in [2.24, 2.45) is 10.9 Å². The van der Waals surface area contributed by atoms with Crippen molar-refractivity contribution in [3.8, 4) is 17.1 Å². The Bertz CT molecular complexity index is 1770. The standard InChI is InChI=1S/C27H19ClN2O5S/c1-26-21(24(32)33-2)27(26)22(17-8-3-4-9-19(17)35-27)30-23(31)20(36-25(30)29-26)13-16-10-11-18(34-16)14-6-5-7-15(28)12-14/h3-13,21-22H,1-2H3/b20-13-/t21-,22-,26+,27+/m1/s1. The van der Waals surface area contributed by atoms with Crippen molar-refractivity contribution in [3.05, 3.63) is 96.7 Å². The zero-order chi connectivity index (χ0) is 24.8. The highest BCUT2D eigenvalue weighted by Crippen LogP contribution is 2.70. The predicted octanol–water partition coefficient (Wildman–Crippen LogP) is 3.57. The summed E-state index contributed by atoms with van der Waals surface area (Å²) in [6.07, 6.45) is 1.72. The van der Waals surface area contributed by atoms with E-state index in [1.54, 1.807) is 16.7 Å². The summed E-state index contributed by atoms with van der Waals surface area (Å²) in [5.41, 5.74) is -0.338. The first-order valence-corrected chi connectivity index (χ1v) is 12.6. The van der Waals surface area contributed by atoms with E-state index in [0.29, 0.717) is 31.6 Å². The second-order valence-corrected chi connectivity index (χ2v) is 10.8. The summed E-state index contributed by atoms with van der Waals surface area (Å²) in [4.78, 5) is 32.0. The number of carbonyl (C=O) groups is 1. The van der Waals surface area contributed by atoms with Crippen molar-refractivity contribution in [2.75, 3.05) is 7.11 Å². The smallest absolute Gasteiger partial charge is 0.315 e. The Morgan fingerprint density at radius 3 is 2.83 bits per heavy atom. The molecular weight excluding hydrogens is 500 g/mol. The van der Waals surface area contributed by atoms with Crippen LogP contribution in [0.1, 0.15) is 24.3 Å². The first kappa shape index (κ1) is 21.6. The lowest BCUT2D eigenvalue weighted by molar-refractivity contribution is -0.144. The first-order chi connectivity index (χ1) is 17.4. The van der Waals surface area contributed by atoms with Crippen LogP contribution in [0.5, 0.6) is 5.75 Å². The number of para-hydroxylation sites is 1. The van der Waals surface area contributed by atoms with Crippen LogP contribution in [-0.4, -0.2) is 28.8 Å². The number of furan rings is 1. The molecule has 0 unspecified atom stereocenters. The summed E-state index contributed by atoms with van der Waals surface area (Å²) in [5, 5.41) is 0.616. The van der Waals surface area contributed by atoms with Gasteiger partial charge >= 0.3 is 5.97 Å². The van der Waals surface area contributed by atoms with Gasteiger partial charge in [-0.1, -0.05) is 53.3 Å². The molecule has 1 spiro atoms. The molecule has 9 heteroatoms. The van der Waals surface area contributed by atoms with Gasteiger partial charge in [0.05, 0.1) is 11.6 Å². The van der Waals surface area contributed by atoms with Crippen molar-refractivity contribution >= 4 is 35.0 Å². The largest absolute Gasteiger partial charge is 0.481 e. The minimum atomic E-state index is -0.997. The lowest BCUT2D eigenvalue weighted by Crippen LogP contribution is -2.47. The van der Waals surface area contributed by atoms with Gasteiger partial charge in [0.25, 0.3) is 5.56 Å². The third kappa shape index (κ3) is 2.66. The van der Waals surface area contributed by atoms with Crippen LogP contribution in [0.15, 0.2) is 74.9 Å². The first-order valence-electron chi connectivity index (χ1n) is 11.4. The molecule has 4 atom stereocenters. The van der Waals surface area contributed by atoms with Crippen LogP contribution < -0.4 is 19.6 Å². The number of hydrogen-bond donors (Lipinski definition) is 0. The molecule has 4 aromatic rings. The van der Waals surface area contributed by atoms with Crippen molar-refractivity contribution in [1.82, 2.24) is 4.57 Å². The molecule has 180 valence electrons. The van der Waals surface area contributed by atoms with E-state index in [-0.39, 0.29) is 5.56 Å². The molecule has 2 aliphatic heterocycles. The van der Waals surface area contributed by atoms with E-state index in [0.717, 1.165) is 11.1 Å². The molecule has 1 aliphatic carbocycles. The minimum Gasteiger partial charge on any atom is -0.481 e. The SMILES string of the molecule is COC(=O)[C@H]1[C@]23Oc4ccccc4[C@H]2n2c(s/c(=C\c4ccc(-c5cccc(Cl)c5)o4)c2=O)=N[C@@]13C. The highest BCUT2D eigenvalue weighted by Gasteiger charge is 2.88. The summed E-state index contributed by atoms with van der Waals surface area (Å²) < 4.78 is 19.7. The van der Waals surface area contributed by atoms with E-state index in [9.17, 15) is 9.59 Å². The summed E-state index contributed by atoms with van der Waals surface area (Å²) in [5.74, 6) is 0.850. The van der Waals surface area contributed by atoms with Crippen LogP contribution in [0.2, 0.25) is 5.02 Å². The Labute approximate surface area is 213 Å². The number of methoxy groups -OCH3 is 1. The van der Waals surface area contributed by atoms with E-state index in [2.05, 4.69) is 0 Å². The van der Waals surface area contributed by atoms with Gasteiger partial charge in [0.1, 0.15) is 34.8 Å². The normalized spacial score (nSPS) is 27.2. The third-order valence-corrected chi connectivity index (χ3v) is 8.68. The van der Waals surface area contributed by atoms with E-state index in [4.69, 9.17) is 30.5 Å². The number of nitrogens with zero attached hydrogens (tertiary/aromatic N) is 2. The number of fused-ring (bicyclic) bond motifs is 4. The van der Waals surface area contributed by atoms with Gasteiger partial charge in [0, 0.05) is 22.2 Å². The average molecular weight is 519 g/mol. The number of aromatic nitrogens is 1. The van der Waals surface area contributed by atoms with Gasteiger partial charge in [-0.15, -0.1) is 0 Å². The van der Waals surface area contributed by atoms with Gasteiger partial charge < -0.3 is 13.9 Å². The molecule has 2 aromatic heterocycles. The summed E-state index contributed by atoms with van der Waals surface area (Å²) in [7, 11) is 1.36. The van der Waals surface area contributed by atoms with Crippen LogP contribution in [-0.2, 0) is 9.53 Å². The summed E-state index contributed by atoms with van der Waals surface area (Å²) in [6.45, 7) is 1.90. The van der Waals surface area contributed by atoms with Crippen molar-refractivity contribution in [1.29, 1.82) is 0 Å². The van der Waals surface area contributed by atoms with Crippen LogP contribution in [0, 0.1) is 5.92 Å². The fourth-order valence-corrected chi connectivity index (χ4v) is 7.09. The Morgan fingerprint density at radius 1 is 1.19 bits per heavy atom. The lowest BCUT2D eigenvalue weighted by atomic mass is 9.97. The number of hydrogen-bond acceptors (Lipinski definition) is 7. The fraction of sp³-hybridized carbons (Fsp3) is 0.222. The topological polar surface area (TPSA) is 83.0 Å². The van der Waals surface area contributed by atoms with Crippen LogP contribution in [0.4, 0.5) is 0 Å². The van der Waals surface area contributed by atoms with Gasteiger partial charge in [-0.2, -0.15) is 0 Å². The molecule has 0 bridgehead atoms. The number of thiazole rings is 1. The zero-order valence-corrected chi connectivity index (χ0v) is 20.8. The number of carbonyl (C=O) groups excluding carboxylic acids is 1. The van der Waals surface area contributed by atoms with Crippen molar-refractivity contribution in [3.63, 3.8) is 0 Å². The lowest BCUT2D eigenvalue weighted by Gasteiger charge is -2.26. The number of halogens is 1. The van der Waals surface area contributed by atoms with Crippen LogP contribution in [0.25, 0.3) is 17.4 Å². The van der Waals surface area contributed by atoms with Crippen LogP contribution >= 0.6 is 22.9 Å². The van der Waals surface area contributed by atoms with Gasteiger partial charge in [-0.25, -0.2) is 4.99 Å². The molecule has 36 heavy (non-hydrogen) atoms. The Hall–Kier alpha value is -3.62. The highest BCUT2D eigenvalue weighted by molar-refractivity contribution is 7.07. The molecule has 0 radical (unpaired) electrons. The molecule has 2 aromatic carbocycles. The second kappa shape index (κ2) is 7.21. The average Bonchev–Trinajstić information content (AvgIpc) is 3.28. The number of rotatable bonds is 3. The molecule has 0 amide bonds. The quantitative estimate of drug-likeness (QED) is 0.387. The monoisotopic (exact) mass is 518 g/mol. The van der Waals surface area contributed by atoms with Gasteiger partial charge in [-0.3, -0.25) is 14.2 Å². The Balaban J connectivity index is 1.39. The van der Waals surface area contributed by atoms with E-state index in [1.165, 1.54) is 18.4 Å². The van der Waals surface area contributed by atoms with Gasteiger partial charge in [-0.05, 0) is 37.3 Å². The van der Waals surface area contributed by atoms with Crippen LogP contribution in [0.3, 0.4) is 0 Å². The maximum absolute atomic E-state index is 13.8. The zero-order valence-electron chi connectivity index (χ0n) is 19.2. The molecule has 1 saturated carbocycles. The van der Waals surface area contributed by atoms with Gasteiger partial charge in [0.2, 0.25) is 0 Å². The minimum absolute atomic E-state index is 0.207. The maximum atomic E-state index is 13.8. The molecule has 3 aliphatic rings. The number of ether oxygens (including phenoxy) is 2. The van der Waals surface area contributed by atoms with E-state index < -0.39 is 29.1 Å². The molecular formula is C27H19ClN2O5S. The molecule has 7 rings (SSSR count). The van der Waals surface area contributed by atoms with Gasteiger partial charge in [0.15, 0.2) is 10.4 Å². The molecule has 0 saturated heterocycles. The summed E-state index contributed by atoms with van der Waals surface area (Å²) in [6, 6.07) is 18.2. The maximum Gasteiger partial charge on any atom is 0.315 e. The highest BCUT2D eigenvalue weighted by atomic mass is 35.5. The fourth-order valence-electron chi connectivity index (χ4n) is 5.82. The van der Waals surface area contributed by atoms with E-state index in [1.807, 2.05) is 61.5 Å². The molecule has 4 heterocycles. The Kier molecular flexibility index (Phi) is 4.34.